The summed E-state index contributed by atoms with van der Waals surface area (Å²) in [4.78, 5) is 14.5. The van der Waals surface area contributed by atoms with Gasteiger partial charge in [0.15, 0.2) is 0 Å². The fourth-order valence-electron chi connectivity index (χ4n) is 2.53. The summed E-state index contributed by atoms with van der Waals surface area (Å²) in [5.74, 6) is 0.196. The van der Waals surface area contributed by atoms with Gasteiger partial charge in [-0.1, -0.05) is 22.9 Å². The Morgan fingerprint density at radius 3 is 2.80 bits per heavy atom. The molecule has 2 rings (SSSR count). The van der Waals surface area contributed by atoms with E-state index in [1.165, 1.54) is 32.0 Å². The van der Waals surface area contributed by atoms with Gasteiger partial charge in [0.05, 0.1) is 5.56 Å². The molecule has 5 heteroatoms. The molecule has 20 heavy (non-hydrogen) atoms. The Morgan fingerprint density at radius 1 is 1.45 bits per heavy atom. The number of likely N-dealkylation sites (tertiary alicyclic amines) is 1. The van der Waals surface area contributed by atoms with Gasteiger partial charge >= 0.3 is 0 Å². The number of carbonyl (C=O) groups excluding carboxylic acids is 1. The van der Waals surface area contributed by atoms with E-state index in [9.17, 15) is 9.90 Å². The molecule has 1 atom stereocenters. The van der Waals surface area contributed by atoms with E-state index in [1.54, 1.807) is 12.1 Å². The van der Waals surface area contributed by atoms with Crippen LogP contribution in [0.3, 0.4) is 0 Å². The number of nitrogens with one attached hydrogen (secondary N) is 1. The first kappa shape index (κ1) is 15.3. The van der Waals surface area contributed by atoms with E-state index in [0.717, 1.165) is 11.0 Å². The molecule has 110 valence electrons. The molecule has 4 nitrogen and oxygen atoms in total. The summed E-state index contributed by atoms with van der Waals surface area (Å²) in [6, 6.07) is 4.91. The molecule has 1 aromatic carbocycles. The fraction of sp³-hybridized carbons (Fsp3) is 0.533. The molecule has 1 amide bonds. The lowest BCUT2D eigenvalue weighted by Gasteiger charge is -2.20. The minimum absolute atomic E-state index is 0.00377. The number of halogens is 1. The van der Waals surface area contributed by atoms with Gasteiger partial charge in [0.2, 0.25) is 0 Å². The molecule has 1 aromatic rings. The van der Waals surface area contributed by atoms with Crippen LogP contribution in [-0.4, -0.2) is 42.1 Å². The Hall–Kier alpha value is -1.07. The Kier molecular flexibility index (Phi) is 5.43. The van der Waals surface area contributed by atoms with E-state index in [1.807, 2.05) is 0 Å². The second-order valence-electron chi connectivity index (χ2n) is 5.48. The van der Waals surface area contributed by atoms with Crippen molar-refractivity contribution in [3.63, 3.8) is 0 Å². The second kappa shape index (κ2) is 7.09. The minimum atomic E-state index is -0.219. The standard InChI is InChI=1S/C15H21BrN2O2/c1-11(10-18-6-2-3-7-18)9-17-15(20)13-5-4-12(16)8-14(13)19/h4-5,8,11,19H,2-3,6-7,9-10H2,1H3,(H,17,20). The summed E-state index contributed by atoms with van der Waals surface area (Å²) >= 11 is 3.26. The van der Waals surface area contributed by atoms with Gasteiger partial charge in [-0.05, 0) is 50.0 Å². The highest BCUT2D eigenvalue weighted by atomic mass is 79.9. The summed E-state index contributed by atoms with van der Waals surface area (Å²) < 4.78 is 0.758. The van der Waals surface area contributed by atoms with E-state index in [4.69, 9.17) is 0 Å². The average molecular weight is 341 g/mol. The molecule has 0 spiro atoms. The molecule has 0 aliphatic carbocycles. The van der Waals surface area contributed by atoms with Crippen molar-refractivity contribution in [3.05, 3.63) is 28.2 Å². The number of nitrogens with zero attached hydrogens (tertiary/aromatic N) is 1. The van der Waals surface area contributed by atoms with Crippen LogP contribution in [-0.2, 0) is 0 Å². The number of rotatable bonds is 5. The average Bonchev–Trinajstić information content (AvgIpc) is 2.89. The van der Waals surface area contributed by atoms with Gasteiger partial charge in [0.1, 0.15) is 5.75 Å². The molecule has 0 bridgehead atoms. The zero-order valence-corrected chi connectivity index (χ0v) is 13.3. The molecule has 1 aliphatic rings. The third kappa shape index (κ3) is 4.21. The summed E-state index contributed by atoms with van der Waals surface area (Å²) in [6.45, 7) is 6.13. The lowest BCUT2D eigenvalue weighted by molar-refractivity contribution is 0.0942. The van der Waals surface area contributed by atoms with Crippen molar-refractivity contribution in [2.24, 2.45) is 5.92 Å². The molecular weight excluding hydrogens is 320 g/mol. The van der Waals surface area contributed by atoms with Crippen LogP contribution in [0.15, 0.2) is 22.7 Å². The predicted molar refractivity (Wildman–Crippen MR) is 83.0 cm³/mol. The Labute approximate surface area is 128 Å². The molecule has 1 fully saturated rings. The third-order valence-corrected chi connectivity index (χ3v) is 4.08. The largest absolute Gasteiger partial charge is 0.507 e. The van der Waals surface area contributed by atoms with E-state index in [0.29, 0.717) is 18.0 Å². The van der Waals surface area contributed by atoms with Crippen molar-refractivity contribution in [3.8, 4) is 5.75 Å². The van der Waals surface area contributed by atoms with Crippen molar-refractivity contribution in [2.45, 2.75) is 19.8 Å². The maximum absolute atomic E-state index is 12.0. The topological polar surface area (TPSA) is 52.6 Å². The second-order valence-corrected chi connectivity index (χ2v) is 6.40. The van der Waals surface area contributed by atoms with Crippen molar-refractivity contribution in [1.29, 1.82) is 0 Å². The number of hydrogen-bond acceptors (Lipinski definition) is 3. The first-order chi connectivity index (χ1) is 9.56. The van der Waals surface area contributed by atoms with Crippen LogP contribution < -0.4 is 5.32 Å². The molecule has 0 radical (unpaired) electrons. The van der Waals surface area contributed by atoms with Crippen LogP contribution in [0.25, 0.3) is 0 Å². The molecule has 1 heterocycles. The van der Waals surface area contributed by atoms with Gasteiger partial charge in [-0.2, -0.15) is 0 Å². The Bertz CT molecular complexity index is 473. The molecule has 1 saturated heterocycles. The summed E-state index contributed by atoms with van der Waals surface area (Å²) in [5, 5.41) is 12.6. The lowest BCUT2D eigenvalue weighted by Crippen LogP contribution is -2.34. The van der Waals surface area contributed by atoms with Gasteiger partial charge < -0.3 is 15.3 Å². The summed E-state index contributed by atoms with van der Waals surface area (Å²) in [6.07, 6.45) is 2.57. The van der Waals surface area contributed by atoms with Gasteiger partial charge in [-0.3, -0.25) is 4.79 Å². The Morgan fingerprint density at radius 2 is 2.15 bits per heavy atom. The monoisotopic (exact) mass is 340 g/mol. The first-order valence-electron chi connectivity index (χ1n) is 7.05. The first-order valence-corrected chi connectivity index (χ1v) is 7.84. The fourth-order valence-corrected chi connectivity index (χ4v) is 2.88. The number of aromatic hydroxyl groups is 1. The van der Waals surface area contributed by atoms with Gasteiger partial charge in [-0.15, -0.1) is 0 Å². The van der Waals surface area contributed by atoms with Crippen LogP contribution in [0, 0.1) is 5.92 Å². The van der Waals surface area contributed by atoms with Crippen LogP contribution >= 0.6 is 15.9 Å². The normalized spacial score (nSPS) is 17.1. The number of phenols is 1. The van der Waals surface area contributed by atoms with Crippen molar-refractivity contribution in [2.75, 3.05) is 26.2 Å². The number of hydrogen-bond donors (Lipinski definition) is 2. The zero-order valence-electron chi connectivity index (χ0n) is 11.7. The molecule has 1 aliphatic heterocycles. The molecule has 0 aromatic heterocycles. The third-order valence-electron chi connectivity index (χ3n) is 3.58. The van der Waals surface area contributed by atoms with E-state index >= 15 is 0 Å². The van der Waals surface area contributed by atoms with E-state index in [-0.39, 0.29) is 11.7 Å². The highest BCUT2D eigenvalue weighted by Gasteiger charge is 2.16. The number of benzene rings is 1. The molecule has 0 saturated carbocycles. The SMILES string of the molecule is CC(CNC(=O)c1ccc(Br)cc1O)CN1CCCC1. The number of amides is 1. The maximum Gasteiger partial charge on any atom is 0.255 e. The molecule has 1 unspecified atom stereocenters. The maximum atomic E-state index is 12.0. The molecule has 2 N–H and O–H groups in total. The van der Waals surface area contributed by atoms with Crippen molar-refractivity contribution < 1.29 is 9.90 Å². The van der Waals surface area contributed by atoms with Crippen LogP contribution in [0.4, 0.5) is 0 Å². The van der Waals surface area contributed by atoms with Gasteiger partial charge in [0.25, 0.3) is 5.91 Å². The lowest BCUT2D eigenvalue weighted by atomic mass is 10.1. The Balaban J connectivity index is 1.81. The predicted octanol–water partition coefficient (Wildman–Crippen LogP) is 2.62. The van der Waals surface area contributed by atoms with Gasteiger partial charge in [-0.25, -0.2) is 0 Å². The minimum Gasteiger partial charge on any atom is -0.507 e. The highest BCUT2D eigenvalue weighted by molar-refractivity contribution is 9.10. The van der Waals surface area contributed by atoms with Crippen molar-refractivity contribution >= 4 is 21.8 Å². The molecular formula is C15H21BrN2O2. The smallest absolute Gasteiger partial charge is 0.255 e. The van der Waals surface area contributed by atoms with Gasteiger partial charge in [0, 0.05) is 17.6 Å². The van der Waals surface area contributed by atoms with E-state index in [2.05, 4.69) is 33.1 Å². The zero-order chi connectivity index (χ0) is 14.5. The van der Waals surface area contributed by atoms with Crippen molar-refractivity contribution in [1.82, 2.24) is 10.2 Å². The number of phenolic OH excluding ortho intramolecular Hbond substituents is 1. The summed E-state index contributed by atoms with van der Waals surface area (Å²) in [7, 11) is 0. The van der Waals surface area contributed by atoms with Crippen LogP contribution in [0.5, 0.6) is 5.75 Å². The quantitative estimate of drug-likeness (QED) is 0.866. The highest BCUT2D eigenvalue weighted by Crippen LogP contribution is 2.22. The number of carbonyl (C=O) groups is 1. The van der Waals surface area contributed by atoms with Crippen LogP contribution in [0.1, 0.15) is 30.1 Å². The van der Waals surface area contributed by atoms with Crippen LogP contribution in [0.2, 0.25) is 0 Å². The van der Waals surface area contributed by atoms with E-state index < -0.39 is 0 Å². The summed E-state index contributed by atoms with van der Waals surface area (Å²) in [5.41, 5.74) is 0.321.